The maximum absolute atomic E-state index is 2.43. The average molecular weight is 252 g/mol. The summed E-state index contributed by atoms with van der Waals surface area (Å²) in [6.07, 6.45) is 13.1. The molecular weight excluding hydrogens is 216 g/mol. The summed E-state index contributed by atoms with van der Waals surface area (Å²) in [5.74, 6) is 0. The SMILES string of the molecule is CC(C)(C)CCCCCCCC1(C(C)(C)C)CC1. The predicted octanol–water partition coefficient (Wildman–Crippen LogP) is 6.59. The van der Waals surface area contributed by atoms with E-state index in [2.05, 4.69) is 41.5 Å². The van der Waals surface area contributed by atoms with Gasteiger partial charge in [-0.1, -0.05) is 73.6 Å². The molecule has 0 atom stereocenters. The van der Waals surface area contributed by atoms with Crippen LogP contribution in [0.4, 0.5) is 0 Å². The highest BCUT2D eigenvalue weighted by Crippen LogP contribution is 2.61. The molecule has 0 spiro atoms. The fraction of sp³-hybridized carbons (Fsp3) is 1.00. The summed E-state index contributed by atoms with van der Waals surface area (Å²) < 4.78 is 0. The Morgan fingerprint density at radius 3 is 1.67 bits per heavy atom. The first-order chi connectivity index (χ1) is 8.16. The molecule has 0 radical (unpaired) electrons. The average Bonchev–Trinajstić information content (AvgIpc) is 2.94. The molecule has 0 bridgehead atoms. The van der Waals surface area contributed by atoms with Gasteiger partial charge < -0.3 is 0 Å². The molecule has 1 fully saturated rings. The van der Waals surface area contributed by atoms with Crippen molar-refractivity contribution in [2.45, 2.75) is 99.3 Å². The molecule has 1 rings (SSSR count). The van der Waals surface area contributed by atoms with Crippen LogP contribution in [0.15, 0.2) is 0 Å². The minimum atomic E-state index is 0.532. The molecule has 0 heteroatoms. The molecule has 0 aromatic rings. The van der Waals surface area contributed by atoms with Gasteiger partial charge in [-0.05, 0) is 41.9 Å². The van der Waals surface area contributed by atoms with E-state index >= 15 is 0 Å². The summed E-state index contributed by atoms with van der Waals surface area (Å²) in [6, 6.07) is 0. The molecule has 0 nitrogen and oxygen atoms in total. The molecule has 18 heavy (non-hydrogen) atoms. The van der Waals surface area contributed by atoms with Crippen LogP contribution in [0.3, 0.4) is 0 Å². The van der Waals surface area contributed by atoms with Gasteiger partial charge in [-0.15, -0.1) is 0 Å². The summed E-state index contributed by atoms with van der Waals surface area (Å²) in [4.78, 5) is 0. The first-order valence-corrected chi connectivity index (χ1v) is 8.16. The van der Waals surface area contributed by atoms with Crippen LogP contribution in [-0.4, -0.2) is 0 Å². The smallest absolute Gasteiger partial charge is 0.0248 e. The van der Waals surface area contributed by atoms with E-state index in [0.717, 1.165) is 5.41 Å². The molecule has 1 aliphatic carbocycles. The highest BCUT2D eigenvalue weighted by Gasteiger charge is 2.50. The lowest BCUT2D eigenvalue weighted by molar-refractivity contribution is 0.193. The van der Waals surface area contributed by atoms with Gasteiger partial charge in [0.2, 0.25) is 0 Å². The fourth-order valence-corrected chi connectivity index (χ4v) is 3.17. The van der Waals surface area contributed by atoms with Crippen LogP contribution >= 0.6 is 0 Å². The van der Waals surface area contributed by atoms with Crippen LogP contribution in [0, 0.1) is 16.2 Å². The van der Waals surface area contributed by atoms with Gasteiger partial charge in [-0.2, -0.15) is 0 Å². The summed E-state index contributed by atoms with van der Waals surface area (Å²) in [7, 11) is 0. The summed E-state index contributed by atoms with van der Waals surface area (Å²) >= 11 is 0. The lowest BCUT2D eigenvalue weighted by atomic mass is 9.74. The van der Waals surface area contributed by atoms with E-state index in [9.17, 15) is 0 Å². The third-order valence-corrected chi connectivity index (χ3v) is 5.03. The molecule has 1 aliphatic rings. The van der Waals surface area contributed by atoms with E-state index in [1.807, 2.05) is 0 Å². The first kappa shape index (κ1) is 16.1. The number of hydrogen-bond donors (Lipinski definition) is 0. The zero-order valence-electron chi connectivity index (χ0n) is 13.9. The Labute approximate surface area is 116 Å². The van der Waals surface area contributed by atoms with Crippen LogP contribution in [-0.2, 0) is 0 Å². The van der Waals surface area contributed by atoms with Gasteiger partial charge in [-0.3, -0.25) is 0 Å². The van der Waals surface area contributed by atoms with Crippen LogP contribution < -0.4 is 0 Å². The van der Waals surface area contributed by atoms with Crippen molar-refractivity contribution in [2.24, 2.45) is 16.2 Å². The molecule has 0 aromatic carbocycles. The molecule has 0 aliphatic heterocycles. The highest BCUT2D eigenvalue weighted by molar-refractivity contribution is 5.01. The molecule has 0 heterocycles. The Kier molecular flexibility index (Phi) is 5.32. The lowest BCUT2D eigenvalue weighted by Crippen LogP contribution is -2.21. The van der Waals surface area contributed by atoms with Gasteiger partial charge in [0.1, 0.15) is 0 Å². The van der Waals surface area contributed by atoms with Crippen molar-refractivity contribution in [3.8, 4) is 0 Å². The van der Waals surface area contributed by atoms with E-state index in [0.29, 0.717) is 10.8 Å². The first-order valence-electron chi connectivity index (χ1n) is 8.16. The van der Waals surface area contributed by atoms with Gasteiger partial charge in [0.25, 0.3) is 0 Å². The highest BCUT2D eigenvalue weighted by atomic mass is 14.5. The maximum atomic E-state index is 2.43. The molecule has 0 N–H and O–H groups in total. The largest absolute Gasteiger partial charge is 0.0602 e. The summed E-state index contributed by atoms with van der Waals surface area (Å²) in [5, 5.41) is 0. The topological polar surface area (TPSA) is 0 Å². The van der Waals surface area contributed by atoms with Gasteiger partial charge >= 0.3 is 0 Å². The standard InChI is InChI=1S/C18H36/c1-16(2,3)12-10-8-7-9-11-13-18(14-15-18)17(4,5)6/h7-15H2,1-6H3. The van der Waals surface area contributed by atoms with E-state index < -0.39 is 0 Å². The predicted molar refractivity (Wildman–Crippen MR) is 82.9 cm³/mol. The molecule has 0 unspecified atom stereocenters. The second-order valence-corrected chi connectivity index (χ2v) is 8.86. The van der Waals surface area contributed by atoms with Crippen LogP contribution in [0.2, 0.25) is 0 Å². The van der Waals surface area contributed by atoms with Crippen molar-refractivity contribution < 1.29 is 0 Å². The molecule has 0 amide bonds. The number of rotatable bonds is 7. The second-order valence-electron chi connectivity index (χ2n) is 8.86. The molecule has 1 saturated carbocycles. The molecule has 0 saturated heterocycles. The van der Waals surface area contributed by atoms with Crippen molar-refractivity contribution >= 4 is 0 Å². The van der Waals surface area contributed by atoms with Crippen LogP contribution in [0.1, 0.15) is 99.3 Å². The zero-order valence-corrected chi connectivity index (χ0v) is 13.9. The van der Waals surface area contributed by atoms with Gasteiger partial charge in [0.15, 0.2) is 0 Å². The van der Waals surface area contributed by atoms with Gasteiger partial charge in [-0.25, -0.2) is 0 Å². The minimum absolute atomic E-state index is 0.532. The van der Waals surface area contributed by atoms with E-state index in [4.69, 9.17) is 0 Å². The van der Waals surface area contributed by atoms with Crippen molar-refractivity contribution in [3.05, 3.63) is 0 Å². The Bertz CT molecular complexity index is 232. The molecule has 0 aromatic heterocycles. The summed E-state index contributed by atoms with van der Waals surface area (Å²) in [6.45, 7) is 14.4. The van der Waals surface area contributed by atoms with Gasteiger partial charge in [0, 0.05) is 0 Å². The minimum Gasteiger partial charge on any atom is -0.0602 e. The lowest BCUT2D eigenvalue weighted by Gasteiger charge is -2.31. The zero-order chi connectivity index (χ0) is 13.9. The third kappa shape index (κ3) is 5.33. The van der Waals surface area contributed by atoms with Crippen LogP contribution in [0.25, 0.3) is 0 Å². The Balaban J connectivity index is 2.00. The fourth-order valence-electron chi connectivity index (χ4n) is 3.17. The normalized spacial score (nSPS) is 19.0. The number of hydrogen-bond acceptors (Lipinski definition) is 0. The van der Waals surface area contributed by atoms with Crippen molar-refractivity contribution in [3.63, 3.8) is 0 Å². The Morgan fingerprint density at radius 1 is 0.722 bits per heavy atom. The van der Waals surface area contributed by atoms with Crippen molar-refractivity contribution in [1.29, 1.82) is 0 Å². The quantitative estimate of drug-likeness (QED) is 0.448. The summed E-state index contributed by atoms with van der Waals surface area (Å²) in [5.41, 5.74) is 1.79. The van der Waals surface area contributed by atoms with Crippen LogP contribution in [0.5, 0.6) is 0 Å². The maximum Gasteiger partial charge on any atom is -0.0248 e. The van der Waals surface area contributed by atoms with Gasteiger partial charge in [0.05, 0.1) is 0 Å². The van der Waals surface area contributed by atoms with E-state index in [1.165, 1.54) is 57.8 Å². The Hall–Kier alpha value is 0. The Morgan fingerprint density at radius 2 is 1.22 bits per heavy atom. The van der Waals surface area contributed by atoms with Crippen molar-refractivity contribution in [2.75, 3.05) is 0 Å². The monoisotopic (exact) mass is 252 g/mol. The third-order valence-electron chi connectivity index (χ3n) is 5.03. The number of unbranched alkanes of at least 4 members (excludes halogenated alkanes) is 4. The second kappa shape index (κ2) is 5.97. The van der Waals surface area contributed by atoms with Crippen molar-refractivity contribution in [1.82, 2.24) is 0 Å². The molecule has 108 valence electrons. The molecular formula is C18H36. The van der Waals surface area contributed by atoms with E-state index in [1.54, 1.807) is 0 Å². The van der Waals surface area contributed by atoms with E-state index in [-0.39, 0.29) is 0 Å².